The highest BCUT2D eigenvalue weighted by atomic mass is 79.9. The van der Waals surface area contributed by atoms with Crippen molar-refractivity contribution in [3.63, 3.8) is 0 Å². The zero-order valence-electron chi connectivity index (χ0n) is 14.8. The van der Waals surface area contributed by atoms with Crippen molar-refractivity contribution in [2.24, 2.45) is 5.92 Å². The average Bonchev–Trinajstić information content (AvgIpc) is 3.16. The van der Waals surface area contributed by atoms with Crippen LogP contribution in [0.3, 0.4) is 0 Å². The fourth-order valence-corrected chi connectivity index (χ4v) is 4.05. The molecule has 2 aliphatic rings. The molecule has 2 fully saturated rings. The lowest BCUT2D eigenvalue weighted by atomic mass is 10.1. The summed E-state index contributed by atoms with van der Waals surface area (Å²) in [6.07, 6.45) is 4.43. The molecule has 7 heteroatoms. The van der Waals surface area contributed by atoms with Crippen LogP contribution < -0.4 is 5.32 Å². The van der Waals surface area contributed by atoms with Crippen LogP contribution in [0, 0.1) is 11.7 Å². The molecule has 1 saturated heterocycles. The quantitative estimate of drug-likeness (QED) is 0.788. The lowest BCUT2D eigenvalue weighted by Crippen LogP contribution is -2.51. The Labute approximate surface area is 162 Å². The monoisotopic (exact) mass is 425 g/mol. The first-order valence-electron chi connectivity index (χ1n) is 9.29. The Morgan fingerprint density at radius 1 is 1.15 bits per heavy atom. The van der Waals surface area contributed by atoms with E-state index in [9.17, 15) is 14.0 Å². The molecule has 0 aromatic heterocycles. The van der Waals surface area contributed by atoms with Crippen LogP contribution in [0.5, 0.6) is 0 Å². The van der Waals surface area contributed by atoms with Crippen molar-refractivity contribution in [1.29, 1.82) is 0 Å². The van der Waals surface area contributed by atoms with E-state index in [0.29, 0.717) is 23.5 Å². The standard InChI is InChI=1S/C19H25BrFN3O2/c20-15-5-6-16(17(21)13-15)18(25)22-7-8-23-9-11-24(12-10-23)19(26)14-3-1-2-4-14/h5-6,13-14H,1-4,7-12H2,(H,22,25). The first-order valence-corrected chi connectivity index (χ1v) is 10.1. The number of piperazine rings is 1. The molecule has 0 bridgehead atoms. The van der Waals surface area contributed by atoms with Crippen molar-refractivity contribution in [2.45, 2.75) is 25.7 Å². The van der Waals surface area contributed by atoms with Gasteiger partial charge in [0.1, 0.15) is 5.82 Å². The SMILES string of the molecule is O=C(NCCN1CCN(C(=O)C2CCCC2)CC1)c1ccc(Br)cc1F. The molecule has 1 heterocycles. The maximum atomic E-state index is 13.8. The molecule has 26 heavy (non-hydrogen) atoms. The lowest BCUT2D eigenvalue weighted by molar-refractivity contribution is -0.137. The second-order valence-corrected chi connectivity index (χ2v) is 7.94. The molecule has 5 nitrogen and oxygen atoms in total. The van der Waals surface area contributed by atoms with Gasteiger partial charge in [-0.15, -0.1) is 0 Å². The second-order valence-electron chi connectivity index (χ2n) is 7.03. The van der Waals surface area contributed by atoms with E-state index in [2.05, 4.69) is 26.1 Å². The molecular weight excluding hydrogens is 401 g/mol. The van der Waals surface area contributed by atoms with Gasteiger partial charge < -0.3 is 10.2 Å². The molecule has 1 N–H and O–H groups in total. The van der Waals surface area contributed by atoms with Gasteiger partial charge in [0.25, 0.3) is 5.91 Å². The molecule has 1 aromatic rings. The zero-order chi connectivity index (χ0) is 18.5. The van der Waals surface area contributed by atoms with Crippen LogP contribution in [0.1, 0.15) is 36.0 Å². The molecule has 1 aromatic carbocycles. The third kappa shape index (κ3) is 4.82. The number of rotatable bonds is 5. The van der Waals surface area contributed by atoms with Gasteiger partial charge in [-0.1, -0.05) is 28.8 Å². The Morgan fingerprint density at radius 2 is 1.85 bits per heavy atom. The maximum Gasteiger partial charge on any atom is 0.254 e. The van der Waals surface area contributed by atoms with Crippen LogP contribution in [0.15, 0.2) is 22.7 Å². The number of hydrogen-bond acceptors (Lipinski definition) is 3. The summed E-state index contributed by atoms with van der Waals surface area (Å²) < 4.78 is 14.4. The van der Waals surface area contributed by atoms with Gasteiger partial charge in [-0.25, -0.2) is 4.39 Å². The summed E-state index contributed by atoms with van der Waals surface area (Å²) in [6.45, 7) is 4.32. The Hall–Kier alpha value is -1.47. The fourth-order valence-electron chi connectivity index (χ4n) is 3.72. The van der Waals surface area contributed by atoms with E-state index < -0.39 is 11.7 Å². The molecule has 0 atom stereocenters. The number of carbonyl (C=O) groups excluding carboxylic acids is 2. The third-order valence-corrected chi connectivity index (χ3v) is 5.77. The highest BCUT2D eigenvalue weighted by Crippen LogP contribution is 2.26. The molecule has 3 rings (SSSR count). The van der Waals surface area contributed by atoms with Crippen molar-refractivity contribution in [2.75, 3.05) is 39.3 Å². The van der Waals surface area contributed by atoms with Crippen molar-refractivity contribution >= 4 is 27.7 Å². The average molecular weight is 426 g/mol. The van der Waals surface area contributed by atoms with Gasteiger partial charge in [0.2, 0.25) is 5.91 Å². The molecule has 1 saturated carbocycles. The molecule has 142 valence electrons. The van der Waals surface area contributed by atoms with E-state index in [-0.39, 0.29) is 11.5 Å². The van der Waals surface area contributed by atoms with Crippen LogP contribution in [0.2, 0.25) is 0 Å². The van der Waals surface area contributed by atoms with Gasteiger partial charge in [0.05, 0.1) is 5.56 Å². The van der Waals surface area contributed by atoms with Gasteiger partial charge in [-0.05, 0) is 31.0 Å². The first kappa shape index (κ1) is 19.3. The van der Waals surface area contributed by atoms with Gasteiger partial charge in [0, 0.05) is 49.7 Å². The first-order chi connectivity index (χ1) is 12.5. The normalized spacial score (nSPS) is 18.9. The summed E-state index contributed by atoms with van der Waals surface area (Å²) in [5.41, 5.74) is 0.0557. The van der Waals surface area contributed by atoms with Crippen LogP contribution in [-0.4, -0.2) is 60.9 Å². The predicted octanol–water partition coefficient (Wildman–Crippen LogP) is 2.65. The minimum absolute atomic E-state index is 0.0557. The van der Waals surface area contributed by atoms with Gasteiger partial charge >= 0.3 is 0 Å². The fraction of sp³-hybridized carbons (Fsp3) is 0.579. The zero-order valence-corrected chi connectivity index (χ0v) is 16.4. The second kappa shape index (κ2) is 8.95. The molecule has 1 aliphatic heterocycles. The highest BCUT2D eigenvalue weighted by Gasteiger charge is 2.29. The summed E-state index contributed by atoms with van der Waals surface area (Å²) in [5, 5.41) is 2.77. The van der Waals surface area contributed by atoms with E-state index in [1.807, 2.05) is 4.90 Å². The van der Waals surface area contributed by atoms with Crippen LogP contribution >= 0.6 is 15.9 Å². The maximum absolute atomic E-state index is 13.8. The van der Waals surface area contributed by atoms with E-state index in [1.165, 1.54) is 25.0 Å². The van der Waals surface area contributed by atoms with E-state index in [0.717, 1.165) is 39.0 Å². The van der Waals surface area contributed by atoms with Crippen LogP contribution in [0.4, 0.5) is 4.39 Å². The number of nitrogens with one attached hydrogen (secondary N) is 1. The number of benzene rings is 1. The minimum Gasteiger partial charge on any atom is -0.351 e. The summed E-state index contributed by atoms with van der Waals surface area (Å²) in [6, 6.07) is 4.41. The Bertz CT molecular complexity index is 656. The van der Waals surface area contributed by atoms with Crippen LogP contribution in [0.25, 0.3) is 0 Å². The van der Waals surface area contributed by atoms with Crippen molar-refractivity contribution in [3.05, 3.63) is 34.1 Å². The summed E-state index contributed by atoms with van der Waals surface area (Å²) in [4.78, 5) is 28.7. The molecule has 1 aliphatic carbocycles. The lowest BCUT2D eigenvalue weighted by Gasteiger charge is -2.36. The number of hydrogen-bond donors (Lipinski definition) is 1. The van der Waals surface area contributed by atoms with Crippen molar-refractivity contribution in [3.8, 4) is 0 Å². The Balaban J connectivity index is 1.38. The van der Waals surface area contributed by atoms with Gasteiger partial charge in [-0.2, -0.15) is 0 Å². The topological polar surface area (TPSA) is 52.7 Å². The molecular formula is C19H25BrFN3O2. The highest BCUT2D eigenvalue weighted by molar-refractivity contribution is 9.10. The largest absolute Gasteiger partial charge is 0.351 e. The smallest absolute Gasteiger partial charge is 0.254 e. The number of halogens is 2. The number of amides is 2. The van der Waals surface area contributed by atoms with Crippen molar-refractivity contribution in [1.82, 2.24) is 15.1 Å². The van der Waals surface area contributed by atoms with Crippen LogP contribution in [-0.2, 0) is 4.79 Å². The Kier molecular flexibility index (Phi) is 6.64. The summed E-state index contributed by atoms with van der Waals surface area (Å²) >= 11 is 3.18. The van der Waals surface area contributed by atoms with Crippen molar-refractivity contribution < 1.29 is 14.0 Å². The third-order valence-electron chi connectivity index (χ3n) is 5.28. The number of carbonyl (C=O) groups is 2. The van der Waals surface area contributed by atoms with E-state index in [4.69, 9.17) is 0 Å². The molecule has 2 amide bonds. The molecule has 0 unspecified atom stereocenters. The summed E-state index contributed by atoms with van der Waals surface area (Å²) in [5.74, 6) is -0.372. The van der Waals surface area contributed by atoms with E-state index in [1.54, 1.807) is 6.07 Å². The number of nitrogens with zero attached hydrogens (tertiary/aromatic N) is 2. The van der Waals surface area contributed by atoms with E-state index >= 15 is 0 Å². The predicted molar refractivity (Wildman–Crippen MR) is 101 cm³/mol. The molecule has 0 spiro atoms. The van der Waals surface area contributed by atoms with Gasteiger partial charge in [-0.3, -0.25) is 14.5 Å². The Morgan fingerprint density at radius 3 is 2.50 bits per heavy atom. The summed E-state index contributed by atoms with van der Waals surface area (Å²) in [7, 11) is 0. The minimum atomic E-state index is -0.532. The van der Waals surface area contributed by atoms with Gasteiger partial charge in [0.15, 0.2) is 0 Å². The molecule has 0 radical (unpaired) electrons.